The minimum Gasteiger partial charge on any atom is -0.496 e. The molecule has 0 fully saturated rings. The summed E-state index contributed by atoms with van der Waals surface area (Å²) >= 11 is 0. The van der Waals surface area contributed by atoms with Crippen molar-refractivity contribution in [2.75, 3.05) is 20.3 Å². The van der Waals surface area contributed by atoms with Gasteiger partial charge in [0.1, 0.15) is 5.75 Å². The van der Waals surface area contributed by atoms with Crippen molar-refractivity contribution in [1.82, 2.24) is 20.3 Å². The molecule has 1 heterocycles. The molecule has 0 aliphatic heterocycles. The monoisotopic (exact) mass is 290 g/mol. The van der Waals surface area contributed by atoms with Crippen LogP contribution in [0.15, 0.2) is 30.5 Å². The number of hydrogen-bond acceptors (Lipinski definition) is 5. The summed E-state index contributed by atoms with van der Waals surface area (Å²) < 4.78 is 7.09. The number of ether oxygens (including phenoxy) is 1. The Hall–Kier alpha value is -1.92. The summed E-state index contributed by atoms with van der Waals surface area (Å²) in [6.07, 6.45) is 3.51. The molecular weight excluding hydrogens is 268 g/mol. The maximum atomic E-state index is 8.77. The fourth-order valence-electron chi connectivity index (χ4n) is 2.11. The summed E-state index contributed by atoms with van der Waals surface area (Å²) in [4.78, 5) is 0. The summed E-state index contributed by atoms with van der Waals surface area (Å²) in [5.74, 6) is 0.925. The summed E-state index contributed by atoms with van der Waals surface area (Å²) in [5, 5.41) is 20.2. The molecule has 0 unspecified atom stereocenters. The molecule has 1 aromatic heterocycles. The van der Waals surface area contributed by atoms with Crippen molar-refractivity contribution in [1.29, 1.82) is 0 Å². The highest BCUT2D eigenvalue weighted by Crippen LogP contribution is 2.17. The third kappa shape index (κ3) is 4.84. The third-order valence-electron chi connectivity index (χ3n) is 3.20. The Morgan fingerprint density at radius 3 is 3.00 bits per heavy atom. The molecule has 0 aliphatic rings. The summed E-state index contributed by atoms with van der Waals surface area (Å²) in [7, 11) is 1.69. The van der Waals surface area contributed by atoms with Crippen LogP contribution in [-0.2, 0) is 19.5 Å². The highest BCUT2D eigenvalue weighted by atomic mass is 16.5. The van der Waals surface area contributed by atoms with Crippen molar-refractivity contribution in [3.05, 3.63) is 41.7 Å². The SMILES string of the molecule is COc1ccccc1CCNCc1cn(CCCO)nn1. The summed E-state index contributed by atoms with van der Waals surface area (Å²) in [6, 6.07) is 8.04. The van der Waals surface area contributed by atoms with E-state index in [1.54, 1.807) is 11.8 Å². The predicted molar refractivity (Wildman–Crippen MR) is 80.1 cm³/mol. The molecule has 2 aromatic rings. The van der Waals surface area contributed by atoms with Crippen LogP contribution in [0.1, 0.15) is 17.7 Å². The van der Waals surface area contributed by atoms with Gasteiger partial charge in [-0.3, -0.25) is 4.68 Å². The molecule has 2 rings (SSSR count). The first-order valence-electron chi connectivity index (χ1n) is 7.16. The van der Waals surface area contributed by atoms with E-state index in [-0.39, 0.29) is 6.61 Å². The van der Waals surface area contributed by atoms with Gasteiger partial charge >= 0.3 is 0 Å². The average Bonchev–Trinajstić information content (AvgIpc) is 2.97. The van der Waals surface area contributed by atoms with E-state index in [9.17, 15) is 0 Å². The van der Waals surface area contributed by atoms with Crippen LogP contribution < -0.4 is 10.1 Å². The summed E-state index contributed by atoms with van der Waals surface area (Å²) in [6.45, 7) is 2.41. The molecule has 2 N–H and O–H groups in total. The molecule has 6 nitrogen and oxygen atoms in total. The van der Waals surface area contributed by atoms with Gasteiger partial charge in [-0.1, -0.05) is 23.4 Å². The number of methoxy groups -OCH3 is 1. The zero-order valence-electron chi connectivity index (χ0n) is 12.3. The second-order valence-corrected chi connectivity index (χ2v) is 4.79. The second-order valence-electron chi connectivity index (χ2n) is 4.79. The van der Waals surface area contributed by atoms with Gasteiger partial charge in [-0.15, -0.1) is 5.10 Å². The van der Waals surface area contributed by atoms with Gasteiger partial charge < -0.3 is 15.2 Å². The van der Waals surface area contributed by atoms with E-state index in [4.69, 9.17) is 9.84 Å². The van der Waals surface area contributed by atoms with Crippen LogP contribution in [0, 0.1) is 0 Å². The van der Waals surface area contributed by atoms with Crippen molar-refractivity contribution in [2.24, 2.45) is 0 Å². The molecule has 0 spiro atoms. The van der Waals surface area contributed by atoms with Gasteiger partial charge in [0.25, 0.3) is 0 Å². The molecular formula is C15H22N4O2. The molecule has 21 heavy (non-hydrogen) atoms. The minimum absolute atomic E-state index is 0.173. The van der Waals surface area contributed by atoms with Gasteiger partial charge in [0.05, 0.1) is 12.8 Å². The second kappa shape index (κ2) is 8.39. The van der Waals surface area contributed by atoms with Crippen LogP contribution in [0.5, 0.6) is 5.75 Å². The molecule has 0 amide bonds. The number of nitrogens with zero attached hydrogens (tertiary/aromatic N) is 3. The Bertz CT molecular complexity index is 542. The van der Waals surface area contributed by atoms with E-state index in [1.165, 1.54) is 5.56 Å². The number of aryl methyl sites for hydroxylation is 1. The predicted octanol–water partition coefficient (Wildman–Crippen LogP) is 1.00. The lowest BCUT2D eigenvalue weighted by atomic mass is 10.1. The molecule has 0 bridgehead atoms. The number of rotatable bonds is 9. The Balaban J connectivity index is 1.73. The zero-order chi connectivity index (χ0) is 14.9. The first-order chi connectivity index (χ1) is 10.3. The smallest absolute Gasteiger partial charge is 0.122 e. The molecule has 0 atom stereocenters. The topological polar surface area (TPSA) is 72.2 Å². The molecule has 0 radical (unpaired) electrons. The average molecular weight is 290 g/mol. The Morgan fingerprint density at radius 2 is 2.19 bits per heavy atom. The van der Waals surface area contributed by atoms with Crippen LogP contribution in [0.4, 0.5) is 0 Å². The standard InChI is InChI=1S/C15H22N4O2/c1-21-15-6-3-2-5-13(15)7-8-16-11-14-12-19(18-17-14)9-4-10-20/h2-3,5-6,12,16,20H,4,7-11H2,1H3. The van der Waals surface area contributed by atoms with Gasteiger partial charge in [-0.2, -0.15) is 0 Å². The van der Waals surface area contributed by atoms with Crippen LogP contribution in [0.25, 0.3) is 0 Å². The first-order valence-corrected chi connectivity index (χ1v) is 7.16. The lowest BCUT2D eigenvalue weighted by Crippen LogP contribution is -2.17. The Morgan fingerprint density at radius 1 is 1.33 bits per heavy atom. The van der Waals surface area contributed by atoms with Crippen LogP contribution in [0.3, 0.4) is 0 Å². The normalized spacial score (nSPS) is 10.8. The van der Waals surface area contributed by atoms with Crippen LogP contribution in [0.2, 0.25) is 0 Å². The lowest BCUT2D eigenvalue weighted by molar-refractivity contribution is 0.276. The quantitative estimate of drug-likeness (QED) is 0.674. The Kier molecular flexibility index (Phi) is 6.18. The highest BCUT2D eigenvalue weighted by molar-refractivity contribution is 5.33. The van der Waals surface area contributed by atoms with E-state index in [1.807, 2.05) is 24.4 Å². The first kappa shape index (κ1) is 15.5. The van der Waals surface area contributed by atoms with E-state index in [0.29, 0.717) is 19.5 Å². The lowest BCUT2D eigenvalue weighted by Gasteiger charge is -2.08. The molecule has 1 aromatic carbocycles. The number of para-hydroxylation sites is 1. The molecule has 0 saturated heterocycles. The maximum Gasteiger partial charge on any atom is 0.122 e. The largest absolute Gasteiger partial charge is 0.496 e. The summed E-state index contributed by atoms with van der Waals surface area (Å²) in [5.41, 5.74) is 2.10. The molecule has 6 heteroatoms. The minimum atomic E-state index is 0.173. The fourth-order valence-corrected chi connectivity index (χ4v) is 2.11. The zero-order valence-corrected chi connectivity index (χ0v) is 12.3. The maximum absolute atomic E-state index is 8.77. The van der Waals surface area contributed by atoms with Crippen molar-refractivity contribution in [2.45, 2.75) is 25.9 Å². The molecule has 0 saturated carbocycles. The number of benzene rings is 1. The number of hydrogen-bond donors (Lipinski definition) is 2. The number of aliphatic hydroxyl groups is 1. The van der Waals surface area contributed by atoms with Gasteiger partial charge in [0.2, 0.25) is 0 Å². The van der Waals surface area contributed by atoms with Crippen LogP contribution in [-0.4, -0.2) is 40.4 Å². The number of aliphatic hydroxyl groups excluding tert-OH is 1. The Labute approximate surface area is 124 Å². The van der Waals surface area contributed by atoms with Gasteiger partial charge in [-0.25, -0.2) is 0 Å². The molecule has 0 aliphatic carbocycles. The van der Waals surface area contributed by atoms with Crippen LogP contribution >= 0.6 is 0 Å². The van der Waals surface area contributed by atoms with Gasteiger partial charge in [0.15, 0.2) is 0 Å². The van der Waals surface area contributed by atoms with E-state index < -0.39 is 0 Å². The fraction of sp³-hybridized carbons (Fsp3) is 0.467. The number of nitrogens with one attached hydrogen (secondary N) is 1. The van der Waals surface area contributed by atoms with E-state index in [2.05, 4.69) is 21.7 Å². The number of aromatic nitrogens is 3. The van der Waals surface area contributed by atoms with Crippen molar-refractivity contribution in [3.63, 3.8) is 0 Å². The van der Waals surface area contributed by atoms with Gasteiger partial charge in [0, 0.05) is 25.9 Å². The third-order valence-corrected chi connectivity index (χ3v) is 3.20. The van der Waals surface area contributed by atoms with Crippen molar-refractivity contribution < 1.29 is 9.84 Å². The van der Waals surface area contributed by atoms with Gasteiger partial charge in [-0.05, 0) is 31.0 Å². The van der Waals surface area contributed by atoms with E-state index in [0.717, 1.165) is 24.4 Å². The van der Waals surface area contributed by atoms with Crippen molar-refractivity contribution in [3.8, 4) is 5.75 Å². The van der Waals surface area contributed by atoms with Crippen molar-refractivity contribution >= 4 is 0 Å². The van der Waals surface area contributed by atoms with E-state index >= 15 is 0 Å². The highest BCUT2D eigenvalue weighted by Gasteiger charge is 2.03. The molecule has 114 valence electrons.